The van der Waals surface area contributed by atoms with Crippen molar-refractivity contribution in [2.45, 2.75) is 303 Å². The molecule has 3 atom stereocenters. The minimum absolute atomic E-state index is 0.0154. The molecule has 0 saturated carbocycles. The Hall–Kier alpha value is -2.40. The van der Waals surface area contributed by atoms with E-state index >= 15 is 0 Å². The number of aliphatic carboxylic acids is 1. The van der Waals surface area contributed by atoms with Crippen molar-refractivity contribution in [1.29, 1.82) is 0 Å². The summed E-state index contributed by atoms with van der Waals surface area (Å²) >= 11 is 0. The Kier molecular flexibility index (Phi) is 49.2. The van der Waals surface area contributed by atoms with Gasteiger partial charge in [-0.25, -0.2) is 4.79 Å². The van der Waals surface area contributed by atoms with Crippen LogP contribution in [0.15, 0.2) is 0 Å². The van der Waals surface area contributed by atoms with Crippen LogP contribution in [0.5, 0.6) is 0 Å². The Morgan fingerprint density at radius 2 is 0.971 bits per heavy atom. The number of nitrogens with one attached hydrogen (secondary N) is 1. The highest BCUT2D eigenvalue weighted by molar-refractivity contribution is 5.78. The third kappa shape index (κ3) is 43.6. The number of hydrogen-bond acceptors (Lipinski definition) is 8. The van der Waals surface area contributed by atoms with Crippen LogP contribution in [0.4, 0.5) is 4.79 Å². The molecule has 0 bridgehead atoms. The Labute approximate surface area is 418 Å². The first kappa shape index (κ1) is 65.6. The van der Waals surface area contributed by atoms with Gasteiger partial charge in [-0.3, -0.25) is 14.4 Å². The maximum absolute atomic E-state index is 12.9. The number of alkyl carbamates (subject to hydrolysis) is 1. The molecule has 1 aliphatic rings. The number of hydrogen-bond donors (Lipinski definition) is 2. The van der Waals surface area contributed by atoms with Gasteiger partial charge in [0.1, 0.15) is 18.8 Å². The van der Waals surface area contributed by atoms with E-state index in [9.17, 15) is 19.2 Å². The second kappa shape index (κ2) is 51.0. The first-order valence-corrected chi connectivity index (χ1v) is 29.1. The van der Waals surface area contributed by atoms with Gasteiger partial charge >= 0.3 is 18.0 Å². The third-order valence-corrected chi connectivity index (χ3v) is 13.2. The van der Waals surface area contributed by atoms with Gasteiger partial charge in [0.2, 0.25) is 5.91 Å². The summed E-state index contributed by atoms with van der Waals surface area (Å²) < 4.78 is 23.2. The molecule has 2 amide bonds. The van der Waals surface area contributed by atoms with Crippen LogP contribution in [0.2, 0.25) is 0 Å². The largest absolute Gasteiger partial charge is 0.481 e. The van der Waals surface area contributed by atoms with Gasteiger partial charge in [-0.15, -0.1) is 0 Å². The lowest BCUT2D eigenvalue weighted by atomic mass is 10.0. The van der Waals surface area contributed by atoms with E-state index in [1.54, 1.807) is 4.90 Å². The number of carboxylic acid groups (broad SMARTS) is 1. The SMILES string of the molecule is CC.CCCCCCCCCCCCCCCCCCOCC(COC(=O)NCCCCCC(=O)N1C[C@H](OC(=O)CCC(=O)O)C[C@H]1C)OCCCCCCCCCCCCCCCCCC. The molecule has 1 fully saturated rings. The fourth-order valence-corrected chi connectivity index (χ4v) is 9.01. The smallest absolute Gasteiger partial charge is 0.407 e. The average molecular weight is 968 g/mol. The van der Waals surface area contributed by atoms with E-state index in [0.29, 0.717) is 52.2 Å². The number of rotatable bonds is 49. The van der Waals surface area contributed by atoms with Crippen LogP contribution in [0.25, 0.3) is 0 Å². The average Bonchev–Trinajstić information content (AvgIpc) is 3.70. The number of likely N-dealkylation sites (tertiary alicyclic amines) is 1. The Balaban J connectivity index is 0.0000221. The quantitative estimate of drug-likeness (QED) is 0.0450. The van der Waals surface area contributed by atoms with Crippen LogP contribution in [0.3, 0.4) is 0 Å². The second-order valence-electron chi connectivity index (χ2n) is 19.6. The van der Waals surface area contributed by atoms with E-state index in [1.165, 1.54) is 186 Å². The Morgan fingerprint density at radius 1 is 0.544 bits per heavy atom. The predicted octanol–water partition coefficient (Wildman–Crippen LogP) is 15.6. The lowest BCUT2D eigenvalue weighted by molar-refractivity contribution is -0.152. The summed E-state index contributed by atoms with van der Waals surface area (Å²) in [6, 6.07) is -0.0443. The standard InChI is InChI=1S/C55H104N2O9.C2H6/c1-4-6-8-10-12-14-16-18-20-22-24-26-28-30-32-37-43-63-47-51(64-44-38-33-31-29-27-25-23-21-19-17-15-13-11-9-7-5-2)48-65-55(62)56-42-36-34-35-39-52(58)57-46-50(45-49(57)3)66-54(61)41-40-53(59)60;1-2/h49-51H,4-48H2,1-3H3,(H,56,62)(H,59,60);1-2H3/t49-,50-,51?;/m1./s1. The van der Waals surface area contributed by atoms with E-state index in [2.05, 4.69) is 19.2 Å². The molecule has 1 saturated heterocycles. The molecule has 2 N–H and O–H groups in total. The molecule has 0 aromatic heterocycles. The van der Waals surface area contributed by atoms with E-state index in [1.807, 2.05) is 20.8 Å². The number of nitrogens with zero attached hydrogens (tertiary/aromatic N) is 1. The predicted molar refractivity (Wildman–Crippen MR) is 281 cm³/mol. The van der Waals surface area contributed by atoms with Crippen LogP contribution >= 0.6 is 0 Å². The summed E-state index contributed by atoms with van der Waals surface area (Å²) in [5.74, 6) is -1.57. The van der Waals surface area contributed by atoms with Gasteiger partial charge in [-0.2, -0.15) is 0 Å². The number of ether oxygens (including phenoxy) is 4. The molecule has 11 nitrogen and oxygen atoms in total. The molecule has 0 aromatic carbocycles. The maximum atomic E-state index is 12.9. The molecular formula is C57H110N2O9. The number of amides is 2. The first-order valence-electron chi connectivity index (χ1n) is 29.1. The van der Waals surface area contributed by atoms with Gasteiger partial charge in [-0.1, -0.05) is 227 Å². The number of carbonyl (C=O) groups excluding carboxylic acids is 3. The van der Waals surface area contributed by atoms with Crippen LogP contribution in [0, 0.1) is 0 Å². The highest BCUT2D eigenvalue weighted by Crippen LogP contribution is 2.23. The van der Waals surface area contributed by atoms with Gasteiger partial charge in [0.05, 0.1) is 26.0 Å². The normalized spacial score (nSPS) is 14.9. The summed E-state index contributed by atoms with van der Waals surface area (Å²) in [6.45, 7) is 13.2. The molecule has 1 rings (SSSR count). The maximum Gasteiger partial charge on any atom is 0.407 e. The molecule has 0 aromatic rings. The van der Waals surface area contributed by atoms with Crippen molar-refractivity contribution in [2.24, 2.45) is 0 Å². The topological polar surface area (TPSA) is 141 Å². The number of carbonyl (C=O) groups is 4. The van der Waals surface area contributed by atoms with Gasteiger partial charge in [0, 0.05) is 38.6 Å². The molecule has 1 unspecified atom stereocenters. The molecule has 11 heteroatoms. The molecule has 1 aliphatic heterocycles. The van der Waals surface area contributed by atoms with Crippen LogP contribution in [0.1, 0.15) is 285 Å². The third-order valence-electron chi connectivity index (χ3n) is 13.2. The lowest BCUT2D eigenvalue weighted by Gasteiger charge is -2.21. The zero-order valence-electron chi connectivity index (χ0n) is 45.2. The first-order chi connectivity index (χ1) is 33.3. The Morgan fingerprint density at radius 3 is 1.43 bits per heavy atom. The fraction of sp³-hybridized carbons (Fsp3) is 0.930. The summed E-state index contributed by atoms with van der Waals surface area (Å²) in [5.41, 5.74) is 0. The molecule has 0 aliphatic carbocycles. The molecular weight excluding hydrogens is 857 g/mol. The van der Waals surface area contributed by atoms with Gasteiger partial charge in [0.15, 0.2) is 0 Å². The van der Waals surface area contributed by atoms with Gasteiger partial charge in [-0.05, 0) is 32.6 Å². The number of unbranched alkanes of at least 4 members (excludes halogenated alkanes) is 32. The van der Waals surface area contributed by atoms with Crippen molar-refractivity contribution < 1.29 is 43.2 Å². The van der Waals surface area contributed by atoms with E-state index in [4.69, 9.17) is 24.1 Å². The summed E-state index contributed by atoms with van der Waals surface area (Å²) in [4.78, 5) is 49.9. The second-order valence-corrected chi connectivity index (χ2v) is 19.6. The molecule has 0 spiro atoms. The highest BCUT2D eigenvalue weighted by Gasteiger charge is 2.34. The minimum atomic E-state index is -1.04. The fourth-order valence-electron chi connectivity index (χ4n) is 9.01. The minimum Gasteiger partial charge on any atom is -0.481 e. The van der Waals surface area contributed by atoms with Gasteiger partial charge < -0.3 is 34.3 Å². The van der Waals surface area contributed by atoms with E-state index in [0.717, 1.165) is 32.1 Å². The molecule has 68 heavy (non-hydrogen) atoms. The van der Waals surface area contributed by atoms with Crippen molar-refractivity contribution in [3.8, 4) is 0 Å². The lowest BCUT2D eigenvalue weighted by Crippen LogP contribution is -2.34. The molecule has 0 radical (unpaired) electrons. The zero-order chi connectivity index (χ0) is 50.0. The van der Waals surface area contributed by atoms with Crippen LogP contribution in [-0.4, -0.2) is 91.7 Å². The van der Waals surface area contributed by atoms with Crippen LogP contribution in [-0.2, 0) is 33.3 Å². The Bertz CT molecular complexity index is 1140. The molecule has 1 heterocycles. The summed E-state index contributed by atoms with van der Waals surface area (Å²) in [5, 5.41) is 11.6. The zero-order valence-corrected chi connectivity index (χ0v) is 45.2. The summed E-state index contributed by atoms with van der Waals surface area (Å²) in [7, 11) is 0. The molecule has 402 valence electrons. The van der Waals surface area contributed by atoms with Crippen molar-refractivity contribution in [1.82, 2.24) is 10.2 Å². The van der Waals surface area contributed by atoms with Crippen molar-refractivity contribution >= 4 is 23.9 Å². The number of esters is 1. The van der Waals surface area contributed by atoms with Crippen molar-refractivity contribution in [3.63, 3.8) is 0 Å². The summed E-state index contributed by atoms with van der Waals surface area (Å²) in [6.07, 6.45) is 44.3. The van der Waals surface area contributed by atoms with Crippen molar-refractivity contribution in [3.05, 3.63) is 0 Å². The highest BCUT2D eigenvalue weighted by atomic mass is 16.6. The number of carboxylic acids is 1. The monoisotopic (exact) mass is 967 g/mol. The van der Waals surface area contributed by atoms with Crippen LogP contribution < -0.4 is 5.32 Å². The van der Waals surface area contributed by atoms with E-state index in [-0.39, 0.29) is 37.5 Å². The van der Waals surface area contributed by atoms with Crippen molar-refractivity contribution in [2.75, 3.05) is 39.5 Å². The van der Waals surface area contributed by atoms with Gasteiger partial charge in [0.25, 0.3) is 0 Å². The van der Waals surface area contributed by atoms with E-state index < -0.39 is 24.1 Å².